The highest BCUT2D eigenvalue weighted by atomic mass is 16.5. The molecule has 1 aromatic carbocycles. The minimum absolute atomic E-state index is 0.0598. The minimum atomic E-state index is -1.13. The molecule has 0 radical (unpaired) electrons. The summed E-state index contributed by atoms with van der Waals surface area (Å²) in [6.07, 6.45) is 6.41. The quantitative estimate of drug-likeness (QED) is 0.288. The highest BCUT2D eigenvalue weighted by Crippen LogP contribution is 2.59. The predicted octanol–water partition coefficient (Wildman–Crippen LogP) is 4.20. The molecular weight excluding hydrogens is 546 g/mol. The molecule has 0 aromatic heterocycles. The molecule has 3 aliphatic rings. The second-order valence-corrected chi connectivity index (χ2v) is 12.0. The third kappa shape index (κ3) is 5.86. The summed E-state index contributed by atoms with van der Waals surface area (Å²) < 4.78 is 12.3. The smallest absolute Gasteiger partial charge is 0.248 e. The van der Waals surface area contributed by atoms with Gasteiger partial charge in [-0.05, 0) is 56.4 Å². The van der Waals surface area contributed by atoms with Crippen LogP contribution in [0, 0.1) is 17.8 Å². The van der Waals surface area contributed by atoms with Crippen LogP contribution in [0.4, 0.5) is 5.69 Å². The second-order valence-electron chi connectivity index (χ2n) is 12.0. The van der Waals surface area contributed by atoms with E-state index in [2.05, 4.69) is 20.1 Å². The molecule has 2 bridgehead atoms. The predicted molar refractivity (Wildman–Crippen MR) is 167 cm³/mol. The molecule has 0 saturated carbocycles. The van der Waals surface area contributed by atoms with Crippen molar-refractivity contribution in [1.82, 2.24) is 9.80 Å². The zero-order chi connectivity index (χ0) is 31.3. The Morgan fingerprint density at radius 2 is 1.86 bits per heavy atom. The van der Waals surface area contributed by atoms with E-state index in [0.29, 0.717) is 44.0 Å². The molecule has 0 aliphatic carbocycles. The SMILES string of the molecule is C=CCN(CCCC)C(=O)C1N([C@@H](CO)[C@@H](C)CC)C(=O)[C@@H]2[C@H](C(=O)N(CC=C)c3ccc(OCC)cc3)[C@@H]3CCC12O3. The number of aliphatic hydroxyl groups excluding tert-OH is 1. The van der Waals surface area contributed by atoms with Crippen molar-refractivity contribution in [2.24, 2.45) is 17.8 Å². The standard InChI is InChI=1S/C34H49N3O6/c1-7-12-21-35(19-8-2)33(41)30-34-18-17-27(43-34)28(29(34)32(40)37(30)26(22-38)23(6)10-4)31(39)36(20-9-3)24-13-15-25(16-14-24)42-11-5/h8-9,13-16,23,26-30,38H,2-3,7,10-12,17-22H2,1,4-6H3/t23-,26-,27-,28+,29-,30?,34?/m0/s1. The van der Waals surface area contributed by atoms with Gasteiger partial charge in [0.15, 0.2) is 0 Å². The Hall–Kier alpha value is -3.17. The lowest BCUT2D eigenvalue weighted by atomic mass is 9.70. The minimum Gasteiger partial charge on any atom is -0.494 e. The van der Waals surface area contributed by atoms with Crippen molar-refractivity contribution in [3.8, 4) is 5.75 Å². The van der Waals surface area contributed by atoms with E-state index in [4.69, 9.17) is 9.47 Å². The Kier molecular flexibility index (Phi) is 10.7. The Morgan fingerprint density at radius 1 is 1.16 bits per heavy atom. The number of hydrogen-bond donors (Lipinski definition) is 1. The Balaban J connectivity index is 1.77. The zero-order valence-corrected chi connectivity index (χ0v) is 26.2. The third-order valence-electron chi connectivity index (χ3n) is 9.58. The number of likely N-dealkylation sites (tertiary alicyclic amines) is 1. The number of rotatable bonds is 16. The second kappa shape index (κ2) is 14.1. The Labute approximate surface area is 256 Å². The molecule has 9 heteroatoms. The van der Waals surface area contributed by atoms with Gasteiger partial charge >= 0.3 is 0 Å². The molecule has 4 rings (SSSR count). The number of nitrogens with zero attached hydrogens (tertiary/aromatic N) is 3. The van der Waals surface area contributed by atoms with Crippen LogP contribution in [0.1, 0.15) is 59.8 Å². The summed E-state index contributed by atoms with van der Waals surface area (Å²) in [5, 5.41) is 10.6. The van der Waals surface area contributed by atoms with Crippen LogP contribution in [0.2, 0.25) is 0 Å². The van der Waals surface area contributed by atoms with E-state index < -0.39 is 35.6 Å². The molecule has 1 spiro atoms. The van der Waals surface area contributed by atoms with E-state index in [-0.39, 0.29) is 36.8 Å². The first-order valence-electron chi connectivity index (χ1n) is 15.9. The molecule has 1 aromatic rings. The van der Waals surface area contributed by atoms with Crippen LogP contribution in [0.25, 0.3) is 0 Å². The molecule has 3 fully saturated rings. The molecular formula is C34H49N3O6. The summed E-state index contributed by atoms with van der Waals surface area (Å²) >= 11 is 0. The van der Waals surface area contributed by atoms with Crippen LogP contribution in [0.3, 0.4) is 0 Å². The van der Waals surface area contributed by atoms with Crippen LogP contribution in [0.5, 0.6) is 5.75 Å². The van der Waals surface area contributed by atoms with E-state index in [0.717, 1.165) is 19.3 Å². The summed E-state index contributed by atoms with van der Waals surface area (Å²) in [4.78, 5) is 48.5. The van der Waals surface area contributed by atoms with Gasteiger partial charge in [-0.1, -0.05) is 45.8 Å². The van der Waals surface area contributed by atoms with E-state index in [1.165, 1.54) is 0 Å². The van der Waals surface area contributed by atoms with Crippen molar-refractivity contribution in [2.45, 2.75) is 83.6 Å². The third-order valence-corrected chi connectivity index (χ3v) is 9.58. The van der Waals surface area contributed by atoms with Gasteiger partial charge in [0.05, 0.1) is 37.2 Å². The van der Waals surface area contributed by atoms with E-state index >= 15 is 0 Å². The van der Waals surface area contributed by atoms with Crippen LogP contribution >= 0.6 is 0 Å². The number of ether oxygens (including phenoxy) is 2. The first-order chi connectivity index (χ1) is 20.7. The maximum absolute atomic E-state index is 14.6. The van der Waals surface area contributed by atoms with Crippen LogP contribution < -0.4 is 9.64 Å². The van der Waals surface area contributed by atoms with Crippen LogP contribution in [0.15, 0.2) is 49.6 Å². The van der Waals surface area contributed by atoms with E-state index in [1.54, 1.807) is 26.9 Å². The first kappa shape index (κ1) is 32.7. The lowest BCUT2D eigenvalue weighted by Gasteiger charge is -2.41. The largest absolute Gasteiger partial charge is 0.494 e. The number of amides is 3. The fourth-order valence-corrected chi connectivity index (χ4v) is 7.31. The molecule has 3 aliphatic heterocycles. The monoisotopic (exact) mass is 595 g/mol. The van der Waals surface area contributed by atoms with Crippen molar-refractivity contribution in [1.29, 1.82) is 0 Å². The summed E-state index contributed by atoms with van der Waals surface area (Å²) in [6.45, 7) is 17.1. The van der Waals surface area contributed by atoms with Crippen molar-refractivity contribution < 1.29 is 29.0 Å². The first-order valence-corrected chi connectivity index (χ1v) is 15.9. The average molecular weight is 596 g/mol. The number of fused-ring (bicyclic) bond motifs is 1. The molecule has 43 heavy (non-hydrogen) atoms. The van der Waals surface area contributed by atoms with Gasteiger partial charge in [0.1, 0.15) is 17.4 Å². The maximum Gasteiger partial charge on any atom is 0.248 e. The highest BCUT2D eigenvalue weighted by molar-refractivity contribution is 6.03. The topological polar surface area (TPSA) is 99.6 Å². The Morgan fingerprint density at radius 3 is 2.44 bits per heavy atom. The van der Waals surface area contributed by atoms with Crippen molar-refractivity contribution >= 4 is 23.4 Å². The zero-order valence-electron chi connectivity index (χ0n) is 26.2. The van der Waals surface area contributed by atoms with Gasteiger partial charge in [-0.25, -0.2) is 0 Å². The average Bonchev–Trinajstić information content (AvgIpc) is 3.66. The number of hydrogen-bond acceptors (Lipinski definition) is 6. The van der Waals surface area contributed by atoms with E-state index in [9.17, 15) is 19.5 Å². The van der Waals surface area contributed by atoms with Gasteiger partial charge in [0, 0.05) is 25.3 Å². The molecule has 3 heterocycles. The van der Waals surface area contributed by atoms with E-state index in [1.807, 2.05) is 45.0 Å². The number of anilines is 1. The fourth-order valence-electron chi connectivity index (χ4n) is 7.31. The molecule has 3 amide bonds. The van der Waals surface area contributed by atoms with Gasteiger partial charge in [-0.2, -0.15) is 0 Å². The molecule has 1 N–H and O–H groups in total. The highest BCUT2D eigenvalue weighted by Gasteiger charge is 2.75. The number of aliphatic hydroxyl groups is 1. The molecule has 7 atom stereocenters. The number of benzene rings is 1. The van der Waals surface area contributed by atoms with Gasteiger partial charge in [-0.15, -0.1) is 13.2 Å². The van der Waals surface area contributed by atoms with Gasteiger partial charge in [0.2, 0.25) is 17.7 Å². The maximum atomic E-state index is 14.6. The normalized spacial score (nSPS) is 27.0. The summed E-state index contributed by atoms with van der Waals surface area (Å²) in [5.74, 6) is -1.64. The number of unbranched alkanes of at least 4 members (excludes halogenated alkanes) is 1. The van der Waals surface area contributed by atoms with Crippen molar-refractivity contribution in [3.63, 3.8) is 0 Å². The van der Waals surface area contributed by atoms with Crippen molar-refractivity contribution in [3.05, 3.63) is 49.6 Å². The fraction of sp³-hybridized carbons (Fsp3) is 0.618. The number of carbonyl (C=O) groups excluding carboxylic acids is 3. The Bertz CT molecular complexity index is 1170. The lowest BCUT2D eigenvalue weighted by molar-refractivity contribution is -0.152. The van der Waals surface area contributed by atoms with Gasteiger partial charge in [0.25, 0.3) is 0 Å². The molecule has 3 saturated heterocycles. The lowest BCUT2D eigenvalue weighted by Crippen LogP contribution is -2.59. The summed E-state index contributed by atoms with van der Waals surface area (Å²) in [6, 6.07) is 5.81. The van der Waals surface area contributed by atoms with Crippen LogP contribution in [-0.4, -0.2) is 89.3 Å². The summed E-state index contributed by atoms with van der Waals surface area (Å²) in [7, 11) is 0. The molecule has 2 unspecified atom stereocenters. The van der Waals surface area contributed by atoms with Gasteiger partial charge in [-0.3, -0.25) is 14.4 Å². The van der Waals surface area contributed by atoms with Crippen molar-refractivity contribution in [2.75, 3.05) is 37.7 Å². The van der Waals surface area contributed by atoms with Crippen LogP contribution in [-0.2, 0) is 19.1 Å². The number of carbonyl (C=O) groups is 3. The molecule has 9 nitrogen and oxygen atoms in total. The summed E-state index contributed by atoms with van der Waals surface area (Å²) in [5.41, 5.74) is -0.464. The molecule has 236 valence electrons. The van der Waals surface area contributed by atoms with Gasteiger partial charge < -0.3 is 29.3 Å².